The van der Waals surface area contributed by atoms with Crippen molar-refractivity contribution in [2.45, 2.75) is 37.4 Å². The summed E-state index contributed by atoms with van der Waals surface area (Å²) in [5, 5.41) is 13.1. The number of amides is 1. The first-order valence-electron chi connectivity index (χ1n) is 11.2. The van der Waals surface area contributed by atoms with E-state index in [1.165, 1.54) is 44.7 Å². The number of hydrogen-bond acceptors (Lipinski definition) is 5. The number of halogens is 2. The fourth-order valence-corrected chi connectivity index (χ4v) is 5.38. The molecular formula is C27H25F2NO5. The van der Waals surface area contributed by atoms with E-state index < -0.39 is 16.9 Å². The van der Waals surface area contributed by atoms with Gasteiger partial charge in [-0.2, -0.15) is 0 Å². The van der Waals surface area contributed by atoms with E-state index in [0.717, 1.165) is 0 Å². The number of carbonyl (C=O) groups is 1. The van der Waals surface area contributed by atoms with Crippen LogP contribution in [0.25, 0.3) is 5.57 Å². The molecule has 0 radical (unpaired) electrons. The lowest BCUT2D eigenvalue weighted by Crippen LogP contribution is -2.22. The number of ether oxygens (including phenoxy) is 2. The highest BCUT2D eigenvalue weighted by molar-refractivity contribution is 5.94. The van der Waals surface area contributed by atoms with Crippen molar-refractivity contribution in [3.05, 3.63) is 82.6 Å². The monoisotopic (exact) mass is 481 g/mol. The van der Waals surface area contributed by atoms with Crippen molar-refractivity contribution in [1.29, 1.82) is 0 Å². The molecule has 182 valence electrons. The Morgan fingerprint density at radius 2 is 1.89 bits per heavy atom. The van der Waals surface area contributed by atoms with Gasteiger partial charge in [0.2, 0.25) is 11.7 Å². The Balaban J connectivity index is 1.54. The Hall–Kier alpha value is -3.81. The Labute approximate surface area is 201 Å². The second-order valence-electron chi connectivity index (χ2n) is 8.94. The normalized spacial score (nSPS) is 22.3. The van der Waals surface area contributed by atoms with E-state index in [-0.39, 0.29) is 48.1 Å². The zero-order valence-electron chi connectivity index (χ0n) is 19.6. The number of phenols is 1. The summed E-state index contributed by atoms with van der Waals surface area (Å²) in [5.41, 5.74) is -0.175. The van der Waals surface area contributed by atoms with Gasteiger partial charge in [-0.3, -0.25) is 4.79 Å². The number of aromatic hydroxyl groups is 1. The Kier molecular flexibility index (Phi) is 5.34. The number of furan rings is 1. The lowest BCUT2D eigenvalue weighted by molar-refractivity contribution is -0.120. The number of alkyl halides is 1. The van der Waals surface area contributed by atoms with Crippen LogP contribution < -0.4 is 14.8 Å². The molecule has 2 N–H and O–H groups in total. The van der Waals surface area contributed by atoms with Gasteiger partial charge in [0.25, 0.3) is 0 Å². The zero-order chi connectivity index (χ0) is 25.0. The van der Waals surface area contributed by atoms with Gasteiger partial charge in [-0.15, -0.1) is 0 Å². The number of nitrogens with one attached hydrogen (secondary N) is 1. The molecule has 0 saturated heterocycles. The molecule has 1 fully saturated rings. The summed E-state index contributed by atoms with van der Waals surface area (Å²) in [6.45, 7) is 2.02. The van der Waals surface area contributed by atoms with Gasteiger partial charge in [-0.1, -0.05) is 11.6 Å². The van der Waals surface area contributed by atoms with Gasteiger partial charge in [0.15, 0.2) is 17.2 Å². The number of rotatable bonds is 7. The second kappa shape index (κ2) is 8.15. The summed E-state index contributed by atoms with van der Waals surface area (Å²) in [7, 11) is 2.76. The van der Waals surface area contributed by atoms with Gasteiger partial charge in [-0.25, -0.2) is 8.78 Å². The van der Waals surface area contributed by atoms with Crippen molar-refractivity contribution >= 4 is 11.5 Å². The van der Waals surface area contributed by atoms with Gasteiger partial charge in [-0.05, 0) is 65.6 Å². The van der Waals surface area contributed by atoms with Crippen molar-refractivity contribution in [3.8, 4) is 17.2 Å². The van der Waals surface area contributed by atoms with E-state index in [4.69, 9.17) is 13.9 Å². The third-order valence-electron chi connectivity index (χ3n) is 7.23. The van der Waals surface area contributed by atoms with Crippen LogP contribution in [0, 0.1) is 5.82 Å². The smallest absolute Gasteiger partial charge is 0.224 e. The molecule has 2 aromatic carbocycles. The highest BCUT2D eigenvalue weighted by Gasteiger charge is 2.74. The quantitative estimate of drug-likeness (QED) is 0.488. The molecule has 0 aliphatic heterocycles. The topological polar surface area (TPSA) is 80.9 Å². The molecule has 1 aromatic heterocycles. The van der Waals surface area contributed by atoms with Crippen LogP contribution in [0.15, 0.2) is 58.7 Å². The van der Waals surface area contributed by atoms with Crippen LogP contribution >= 0.6 is 0 Å². The fourth-order valence-electron chi connectivity index (χ4n) is 5.38. The van der Waals surface area contributed by atoms with Gasteiger partial charge >= 0.3 is 0 Å². The molecule has 3 aromatic rings. The van der Waals surface area contributed by atoms with Crippen LogP contribution in [-0.4, -0.2) is 25.2 Å². The van der Waals surface area contributed by atoms with Crippen molar-refractivity contribution in [2.75, 3.05) is 14.2 Å². The first-order valence-corrected chi connectivity index (χ1v) is 11.2. The van der Waals surface area contributed by atoms with E-state index in [1.54, 1.807) is 25.1 Å². The molecule has 1 spiro atoms. The number of fused-ring (bicyclic) bond motifs is 2. The van der Waals surface area contributed by atoms with Crippen LogP contribution in [0.5, 0.6) is 17.2 Å². The molecule has 1 heterocycles. The molecule has 35 heavy (non-hydrogen) atoms. The molecule has 1 amide bonds. The summed E-state index contributed by atoms with van der Waals surface area (Å²) in [4.78, 5) is 12.8. The van der Waals surface area contributed by atoms with Gasteiger partial charge < -0.3 is 24.3 Å². The van der Waals surface area contributed by atoms with Crippen molar-refractivity contribution in [2.24, 2.45) is 0 Å². The van der Waals surface area contributed by atoms with Crippen molar-refractivity contribution < 1.29 is 32.6 Å². The molecule has 6 nitrogen and oxygen atoms in total. The van der Waals surface area contributed by atoms with Crippen molar-refractivity contribution in [3.63, 3.8) is 0 Å². The molecule has 5 rings (SSSR count). The zero-order valence-corrected chi connectivity index (χ0v) is 19.6. The van der Waals surface area contributed by atoms with Crippen LogP contribution in [0.2, 0.25) is 0 Å². The number of benzene rings is 2. The second-order valence-corrected chi connectivity index (χ2v) is 8.94. The highest BCUT2D eigenvalue weighted by Crippen LogP contribution is 2.74. The molecule has 0 bridgehead atoms. The number of allylic oxidation sites excluding steroid dienone is 1. The number of carbonyl (C=O) groups excluding carboxylic acids is 1. The standard InChI is InChI=1S/C27H25F2NO5/c1-15-19(12-24(31)30-13-18-5-4-8-35-18)20-11-17(28)6-7-21(20)26(15)14-27(26,29)16-9-22(33-2)25(32)23(10-16)34-3/h4-11,32H,12-14H2,1-3H3,(H,30,31). The lowest BCUT2D eigenvalue weighted by Gasteiger charge is -2.21. The minimum absolute atomic E-state index is 0.0248. The SMILES string of the molecule is COc1cc(C2(F)CC23C(C)=C(CC(=O)NCc2ccco2)c2cc(F)ccc23)cc(OC)c1O. The Morgan fingerprint density at radius 1 is 1.17 bits per heavy atom. The van der Waals surface area contributed by atoms with Crippen LogP contribution in [-0.2, 0) is 22.4 Å². The fraction of sp³-hybridized carbons (Fsp3) is 0.296. The average molecular weight is 481 g/mol. The third-order valence-corrected chi connectivity index (χ3v) is 7.23. The number of hydrogen-bond donors (Lipinski definition) is 2. The summed E-state index contributed by atoms with van der Waals surface area (Å²) in [6.07, 6.45) is 1.61. The van der Waals surface area contributed by atoms with Crippen LogP contribution in [0.1, 0.15) is 42.2 Å². The lowest BCUT2D eigenvalue weighted by atomic mass is 9.86. The van der Waals surface area contributed by atoms with E-state index in [0.29, 0.717) is 28.0 Å². The first-order chi connectivity index (χ1) is 16.7. The van der Waals surface area contributed by atoms with E-state index >= 15 is 4.39 Å². The molecule has 1 saturated carbocycles. The molecule has 8 heteroatoms. The maximum atomic E-state index is 16.8. The largest absolute Gasteiger partial charge is 0.502 e. The van der Waals surface area contributed by atoms with Gasteiger partial charge in [0.1, 0.15) is 11.6 Å². The number of methoxy groups -OCH3 is 2. The van der Waals surface area contributed by atoms with Crippen molar-refractivity contribution in [1.82, 2.24) is 5.32 Å². The first kappa shape index (κ1) is 23.0. The highest BCUT2D eigenvalue weighted by atomic mass is 19.1. The Bertz CT molecular complexity index is 1320. The summed E-state index contributed by atoms with van der Waals surface area (Å²) in [6, 6.07) is 10.7. The maximum Gasteiger partial charge on any atom is 0.224 e. The van der Waals surface area contributed by atoms with E-state index in [2.05, 4.69) is 5.32 Å². The summed E-state index contributed by atoms with van der Waals surface area (Å²) < 4.78 is 46.8. The number of phenolic OH excluding ortho intramolecular Hbond substituents is 1. The maximum absolute atomic E-state index is 16.8. The molecule has 2 unspecified atom stereocenters. The molecule has 2 atom stereocenters. The molecule has 2 aliphatic rings. The minimum atomic E-state index is -1.86. The predicted molar refractivity (Wildman–Crippen MR) is 124 cm³/mol. The Morgan fingerprint density at radius 3 is 2.51 bits per heavy atom. The predicted octanol–water partition coefficient (Wildman–Crippen LogP) is 5.14. The van der Waals surface area contributed by atoms with Crippen LogP contribution in [0.4, 0.5) is 8.78 Å². The summed E-state index contributed by atoms with van der Waals surface area (Å²) >= 11 is 0. The van der Waals surface area contributed by atoms with Gasteiger partial charge in [0, 0.05) is 6.42 Å². The molecule has 2 aliphatic carbocycles. The van der Waals surface area contributed by atoms with E-state index in [9.17, 15) is 14.3 Å². The minimum Gasteiger partial charge on any atom is -0.502 e. The van der Waals surface area contributed by atoms with E-state index in [1.807, 2.05) is 0 Å². The summed E-state index contributed by atoms with van der Waals surface area (Å²) in [5.74, 6) is -0.156. The van der Waals surface area contributed by atoms with Gasteiger partial charge in [0.05, 0.1) is 38.9 Å². The third kappa shape index (κ3) is 3.38. The van der Waals surface area contributed by atoms with Crippen LogP contribution in [0.3, 0.4) is 0 Å². The molecular weight excluding hydrogens is 456 g/mol. The average Bonchev–Trinajstić information content (AvgIpc) is 3.13.